The Balaban J connectivity index is 1.83. The molecule has 0 amide bonds. The Bertz CT molecular complexity index is 893. The number of hydrogen-bond acceptors (Lipinski definition) is 4. The van der Waals surface area contributed by atoms with E-state index in [1.165, 1.54) is 27.8 Å². The fourth-order valence-corrected chi connectivity index (χ4v) is 3.21. The number of Topliss-reactive ketones (excluding diaryl/α,β-unsaturated/α-hetero) is 1. The predicted molar refractivity (Wildman–Crippen MR) is 93.4 cm³/mol. The monoisotopic (exact) mass is 326 g/mol. The van der Waals surface area contributed by atoms with Crippen LogP contribution in [0.4, 0.5) is 0 Å². The number of benzene rings is 1. The maximum Gasteiger partial charge on any atom is 0.262 e. The average Bonchev–Trinajstić information content (AvgIpc) is 3.06. The SMILES string of the molecule is CC[C@@H](C)c1ccc(C(=O)Cn2cnc3sccc3c2=O)cc1. The second-order valence-electron chi connectivity index (χ2n) is 5.67. The van der Waals surface area contributed by atoms with E-state index in [0.29, 0.717) is 21.7 Å². The lowest BCUT2D eigenvalue weighted by Crippen LogP contribution is -2.24. The molecule has 0 saturated carbocycles. The minimum atomic E-state index is -0.166. The van der Waals surface area contributed by atoms with Crippen LogP contribution in [0.25, 0.3) is 10.2 Å². The summed E-state index contributed by atoms with van der Waals surface area (Å²) < 4.78 is 1.37. The van der Waals surface area contributed by atoms with Gasteiger partial charge in [-0.3, -0.25) is 14.2 Å². The normalized spacial score (nSPS) is 12.4. The van der Waals surface area contributed by atoms with Crippen LogP contribution < -0.4 is 5.56 Å². The fraction of sp³-hybridized carbons (Fsp3) is 0.278. The van der Waals surface area contributed by atoms with E-state index in [1.807, 2.05) is 29.6 Å². The maximum absolute atomic E-state index is 12.4. The summed E-state index contributed by atoms with van der Waals surface area (Å²) in [5.41, 5.74) is 1.68. The lowest BCUT2D eigenvalue weighted by atomic mass is 9.97. The molecule has 23 heavy (non-hydrogen) atoms. The third-order valence-corrected chi connectivity index (χ3v) is 5.00. The van der Waals surface area contributed by atoms with Crippen molar-refractivity contribution in [2.75, 3.05) is 0 Å². The van der Waals surface area contributed by atoms with Crippen molar-refractivity contribution in [1.82, 2.24) is 9.55 Å². The van der Waals surface area contributed by atoms with Gasteiger partial charge < -0.3 is 0 Å². The van der Waals surface area contributed by atoms with Gasteiger partial charge in [-0.15, -0.1) is 11.3 Å². The summed E-state index contributed by atoms with van der Waals surface area (Å²) in [4.78, 5) is 29.7. The second-order valence-corrected chi connectivity index (χ2v) is 6.57. The number of aromatic nitrogens is 2. The lowest BCUT2D eigenvalue weighted by Gasteiger charge is -2.10. The van der Waals surface area contributed by atoms with Crippen molar-refractivity contribution in [2.45, 2.75) is 32.7 Å². The average molecular weight is 326 g/mol. The first-order chi connectivity index (χ1) is 11.1. The number of ketones is 1. The molecular weight excluding hydrogens is 308 g/mol. The molecule has 0 aliphatic heterocycles. The van der Waals surface area contributed by atoms with Crippen molar-refractivity contribution >= 4 is 27.3 Å². The summed E-state index contributed by atoms with van der Waals surface area (Å²) in [7, 11) is 0. The molecular formula is C18H18N2O2S. The van der Waals surface area contributed by atoms with Crippen LogP contribution in [0.2, 0.25) is 0 Å². The Morgan fingerprint density at radius 2 is 2.00 bits per heavy atom. The molecule has 0 radical (unpaired) electrons. The van der Waals surface area contributed by atoms with Gasteiger partial charge in [-0.2, -0.15) is 0 Å². The van der Waals surface area contributed by atoms with Crippen LogP contribution in [0.3, 0.4) is 0 Å². The zero-order chi connectivity index (χ0) is 16.4. The highest BCUT2D eigenvalue weighted by molar-refractivity contribution is 7.16. The Labute approximate surface area is 138 Å². The van der Waals surface area contributed by atoms with E-state index in [0.717, 1.165) is 6.42 Å². The molecule has 0 spiro atoms. The largest absolute Gasteiger partial charge is 0.292 e. The number of carbonyl (C=O) groups excluding carboxylic acids is 1. The predicted octanol–water partition coefficient (Wildman–Crippen LogP) is 3.85. The number of rotatable bonds is 5. The van der Waals surface area contributed by atoms with Gasteiger partial charge in [-0.1, -0.05) is 38.1 Å². The number of carbonyl (C=O) groups is 1. The standard InChI is InChI=1S/C18H18N2O2S/c1-3-12(2)13-4-6-14(7-5-13)16(21)10-20-11-19-17-15(18(20)22)8-9-23-17/h4-9,11-12H,3,10H2,1-2H3/t12-/m1/s1. The van der Waals surface area contributed by atoms with E-state index in [2.05, 4.69) is 18.8 Å². The molecule has 3 rings (SSSR count). The molecule has 0 saturated heterocycles. The smallest absolute Gasteiger partial charge is 0.262 e. The molecule has 1 aromatic carbocycles. The quantitative estimate of drug-likeness (QED) is 0.669. The molecule has 3 aromatic rings. The molecule has 0 fully saturated rings. The van der Waals surface area contributed by atoms with Gasteiger partial charge in [0, 0.05) is 5.56 Å². The zero-order valence-electron chi connectivity index (χ0n) is 13.2. The second kappa shape index (κ2) is 6.46. The molecule has 0 unspecified atom stereocenters. The highest BCUT2D eigenvalue weighted by Gasteiger charge is 2.11. The van der Waals surface area contributed by atoms with E-state index < -0.39 is 0 Å². The zero-order valence-corrected chi connectivity index (χ0v) is 14.0. The summed E-state index contributed by atoms with van der Waals surface area (Å²) in [6.45, 7) is 4.32. The Kier molecular flexibility index (Phi) is 4.39. The molecule has 2 heterocycles. The number of fused-ring (bicyclic) bond motifs is 1. The van der Waals surface area contributed by atoms with Crippen LogP contribution in [0, 0.1) is 0 Å². The van der Waals surface area contributed by atoms with E-state index in [9.17, 15) is 9.59 Å². The summed E-state index contributed by atoms with van der Waals surface area (Å²) >= 11 is 1.42. The van der Waals surface area contributed by atoms with Crippen molar-refractivity contribution in [2.24, 2.45) is 0 Å². The molecule has 118 valence electrons. The van der Waals surface area contributed by atoms with E-state index in [-0.39, 0.29) is 17.9 Å². The molecule has 0 bridgehead atoms. The number of hydrogen-bond donors (Lipinski definition) is 0. The van der Waals surface area contributed by atoms with Crippen LogP contribution in [-0.4, -0.2) is 15.3 Å². The van der Waals surface area contributed by atoms with Crippen molar-refractivity contribution in [3.05, 3.63) is 63.5 Å². The van der Waals surface area contributed by atoms with E-state index in [4.69, 9.17) is 0 Å². The van der Waals surface area contributed by atoms with Crippen LogP contribution in [0.5, 0.6) is 0 Å². The summed E-state index contributed by atoms with van der Waals surface area (Å²) in [6.07, 6.45) is 2.52. The van der Waals surface area contributed by atoms with Crippen molar-refractivity contribution in [3.8, 4) is 0 Å². The highest BCUT2D eigenvalue weighted by atomic mass is 32.1. The maximum atomic E-state index is 12.4. The molecule has 0 N–H and O–H groups in total. The first kappa shape index (κ1) is 15.6. The lowest BCUT2D eigenvalue weighted by molar-refractivity contribution is 0.0970. The molecule has 0 aliphatic carbocycles. The van der Waals surface area contributed by atoms with Gasteiger partial charge in [0.1, 0.15) is 4.83 Å². The number of nitrogens with zero attached hydrogens (tertiary/aromatic N) is 2. The van der Waals surface area contributed by atoms with Crippen molar-refractivity contribution in [1.29, 1.82) is 0 Å². The third kappa shape index (κ3) is 3.10. The van der Waals surface area contributed by atoms with Gasteiger partial charge >= 0.3 is 0 Å². The Hall–Kier alpha value is -2.27. The first-order valence-electron chi connectivity index (χ1n) is 7.66. The Morgan fingerprint density at radius 3 is 2.70 bits per heavy atom. The fourth-order valence-electron chi connectivity index (χ4n) is 2.49. The molecule has 5 heteroatoms. The first-order valence-corrected chi connectivity index (χ1v) is 8.54. The van der Waals surface area contributed by atoms with Crippen LogP contribution >= 0.6 is 11.3 Å². The van der Waals surface area contributed by atoms with Crippen LogP contribution in [0.1, 0.15) is 42.1 Å². The van der Waals surface area contributed by atoms with Gasteiger partial charge in [0.15, 0.2) is 5.78 Å². The topological polar surface area (TPSA) is 52.0 Å². The van der Waals surface area contributed by atoms with Gasteiger partial charge in [0.05, 0.1) is 18.3 Å². The van der Waals surface area contributed by atoms with Crippen molar-refractivity contribution < 1.29 is 4.79 Å². The number of thiophene rings is 1. The van der Waals surface area contributed by atoms with Crippen LogP contribution in [0.15, 0.2) is 46.8 Å². The molecule has 1 atom stereocenters. The molecule has 4 nitrogen and oxygen atoms in total. The summed E-state index contributed by atoms with van der Waals surface area (Å²) in [5.74, 6) is 0.395. The summed E-state index contributed by atoms with van der Waals surface area (Å²) in [6, 6.07) is 9.41. The van der Waals surface area contributed by atoms with Gasteiger partial charge in [0.25, 0.3) is 5.56 Å². The van der Waals surface area contributed by atoms with Crippen LogP contribution in [-0.2, 0) is 6.54 Å². The molecule has 2 aromatic heterocycles. The van der Waals surface area contributed by atoms with Crippen molar-refractivity contribution in [3.63, 3.8) is 0 Å². The van der Waals surface area contributed by atoms with E-state index >= 15 is 0 Å². The van der Waals surface area contributed by atoms with Gasteiger partial charge in [0.2, 0.25) is 0 Å². The summed E-state index contributed by atoms with van der Waals surface area (Å²) in [5, 5.41) is 2.40. The molecule has 0 aliphatic rings. The minimum absolute atomic E-state index is 0.0142. The minimum Gasteiger partial charge on any atom is -0.292 e. The van der Waals surface area contributed by atoms with E-state index in [1.54, 1.807) is 6.07 Å². The van der Waals surface area contributed by atoms with Gasteiger partial charge in [-0.25, -0.2) is 4.98 Å². The Morgan fingerprint density at radius 1 is 1.26 bits per heavy atom. The van der Waals surface area contributed by atoms with Gasteiger partial charge in [-0.05, 0) is 29.3 Å². The highest BCUT2D eigenvalue weighted by Crippen LogP contribution is 2.19. The third-order valence-electron chi connectivity index (χ3n) is 4.18.